The monoisotopic (exact) mass is 218 g/mol. The molecule has 3 heteroatoms. The van der Waals surface area contributed by atoms with E-state index >= 15 is 0 Å². The second-order valence-electron chi connectivity index (χ2n) is 5.01. The number of aromatic nitrogens is 1. The zero-order valence-electron chi connectivity index (χ0n) is 9.65. The fourth-order valence-corrected chi connectivity index (χ4v) is 3.20. The van der Waals surface area contributed by atoms with Gasteiger partial charge in [0, 0.05) is 6.04 Å². The number of rotatable bonds is 3. The van der Waals surface area contributed by atoms with Crippen LogP contribution in [0.25, 0.3) is 0 Å². The lowest BCUT2D eigenvalue weighted by Gasteiger charge is -2.23. The summed E-state index contributed by atoms with van der Waals surface area (Å²) in [6.45, 7) is 0. The highest BCUT2D eigenvalue weighted by Crippen LogP contribution is 2.45. The highest BCUT2D eigenvalue weighted by Gasteiger charge is 2.39. The first-order chi connectivity index (χ1) is 7.85. The SMILES string of the molecule is COc1ccc(NC2CC3CCC2C3)nc1. The number of nitrogens with one attached hydrogen (secondary N) is 1. The summed E-state index contributed by atoms with van der Waals surface area (Å²) in [7, 11) is 1.67. The van der Waals surface area contributed by atoms with Crippen LogP contribution in [0, 0.1) is 11.8 Å². The van der Waals surface area contributed by atoms with Crippen LogP contribution >= 0.6 is 0 Å². The number of pyridine rings is 1. The average Bonchev–Trinajstić information content (AvgIpc) is 2.92. The number of ether oxygens (including phenoxy) is 1. The van der Waals surface area contributed by atoms with Gasteiger partial charge in [0.25, 0.3) is 0 Å². The molecule has 3 unspecified atom stereocenters. The predicted molar refractivity (Wildman–Crippen MR) is 63.6 cm³/mol. The fourth-order valence-electron chi connectivity index (χ4n) is 3.20. The van der Waals surface area contributed by atoms with Crippen molar-refractivity contribution in [1.82, 2.24) is 4.98 Å². The average molecular weight is 218 g/mol. The van der Waals surface area contributed by atoms with Crippen molar-refractivity contribution in [3.63, 3.8) is 0 Å². The van der Waals surface area contributed by atoms with Gasteiger partial charge in [-0.2, -0.15) is 0 Å². The Bertz CT molecular complexity index is 363. The molecule has 2 bridgehead atoms. The lowest BCUT2D eigenvalue weighted by Crippen LogP contribution is -2.26. The molecule has 86 valence electrons. The number of methoxy groups -OCH3 is 1. The number of hydrogen-bond acceptors (Lipinski definition) is 3. The van der Waals surface area contributed by atoms with Crippen LogP contribution in [0.15, 0.2) is 18.3 Å². The van der Waals surface area contributed by atoms with E-state index in [0.29, 0.717) is 6.04 Å². The van der Waals surface area contributed by atoms with Crippen LogP contribution in [0.5, 0.6) is 5.75 Å². The molecular weight excluding hydrogens is 200 g/mol. The molecule has 0 saturated heterocycles. The van der Waals surface area contributed by atoms with Gasteiger partial charge in [-0.25, -0.2) is 4.98 Å². The first-order valence-electron chi connectivity index (χ1n) is 6.12. The number of nitrogens with zero attached hydrogens (tertiary/aromatic N) is 1. The van der Waals surface area contributed by atoms with Crippen molar-refractivity contribution in [2.75, 3.05) is 12.4 Å². The Morgan fingerprint density at radius 1 is 1.31 bits per heavy atom. The number of fused-ring (bicyclic) bond motifs is 2. The molecule has 0 amide bonds. The van der Waals surface area contributed by atoms with Crippen molar-refractivity contribution in [3.8, 4) is 5.75 Å². The van der Waals surface area contributed by atoms with Gasteiger partial charge in [0.05, 0.1) is 13.3 Å². The zero-order valence-corrected chi connectivity index (χ0v) is 9.65. The smallest absolute Gasteiger partial charge is 0.137 e. The maximum Gasteiger partial charge on any atom is 0.137 e. The molecule has 2 aliphatic carbocycles. The van der Waals surface area contributed by atoms with Gasteiger partial charge in [0.1, 0.15) is 11.6 Å². The van der Waals surface area contributed by atoms with Gasteiger partial charge >= 0.3 is 0 Å². The third kappa shape index (κ3) is 1.75. The molecule has 3 nitrogen and oxygen atoms in total. The molecule has 1 aromatic rings. The Hall–Kier alpha value is -1.25. The second-order valence-corrected chi connectivity index (χ2v) is 5.01. The van der Waals surface area contributed by atoms with E-state index in [1.165, 1.54) is 25.7 Å². The Morgan fingerprint density at radius 2 is 2.25 bits per heavy atom. The van der Waals surface area contributed by atoms with Crippen LogP contribution in [-0.4, -0.2) is 18.1 Å². The first-order valence-corrected chi connectivity index (χ1v) is 6.12. The minimum atomic E-state index is 0.652. The summed E-state index contributed by atoms with van der Waals surface area (Å²) in [5.41, 5.74) is 0. The van der Waals surface area contributed by atoms with Crippen LogP contribution < -0.4 is 10.1 Å². The van der Waals surface area contributed by atoms with Gasteiger partial charge in [-0.15, -0.1) is 0 Å². The van der Waals surface area contributed by atoms with Crippen molar-refractivity contribution in [2.24, 2.45) is 11.8 Å². The van der Waals surface area contributed by atoms with Crippen LogP contribution in [0.3, 0.4) is 0 Å². The van der Waals surface area contributed by atoms with Crippen molar-refractivity contribution >= 4 is 5.82 Å². The number of hydrogen-bond donors (Lipinski definition) is 1. The van der Waals surface area contributed by atoms with Gasteiger partial charge in [-0.1, -0.05) is 6.42 Å². The molecule has 1 aromatic heterocycles. The summed E-state index contributed by atoms with van der Waals surface area (Å²) in [5, 5.41) is 3.56. The predicted octanol–water partition coefficient (Wildman–Crippen LogP) is 2.69. The van der Waals surface area contributed by atoms with Crippen LogP contribution in [0.4, 0.5) is 5.82 Å². The van der Waals surface area contributed by atoms with E-state index in [9.17, 15) is 0 Å². The lowest BCUT2D eigenvalue weighted by molar-refractivity contribution is 0.412. The molecule has 0 radical (unpaired) electrons. The third-order valence-corrected chi connectivity index (χ3v) is 4.04. The lowest BCUT2D eigenvalue weighted by atomic mass is 9.95. The molecule has 2 fully saturated rings. The molecule has 16 heavy (non-hydrogen) atoms. The highest BCUT2D eigenvalue weighted by molar-refractivity contribution is 5.39. The van der Waals surface area contributed by atoms with Crippen LogP contribution in [-0.2, 0) is 0 Å². The summed E-state index contributed by atoms with van der Waals surface area (Å²) in [6, 6.07) is 4.62. The fraction of sp³-hybridized carbons (Fsp3) is 0.615. The molecule has 2 aliphatic rings. The van der Waals surface area contributed by atoms with Crippen LogP contribution in [0.1, 0.15) is 25.7 Å². The maximum atomic E-state index is 5.10. The maximum absolute atomic E-state index is 5.10. The van der Waals surface area contributed by atoms with E-state index in [1.807, 2.05) is 12.1 Å². The summed E-state index contributed by atoms with van der Waals surface area (Å²) >= 11 is 0. The standard InChI is InChI=1S/C13H18N2O/c1-16-11-4-5-13(14-8-11)15-12-7-9-2-3-10(12)6-9/h4-5,8-10,12H,2-3,6-7H2,1H3,(H,14,15). The van der Waals surface area contributed by atoms with E-state index in [0.717, 1.165) is 23.4 Å². The van der Waals surface area contributed by atoms with Crippen LogP contribution in [0.2, 0.25) is 0 Å². The molecule has 0 spiro atoms. The van der Waals surface area contributed by atoms with Crippen molar-refractivity contribution in [2.45, 2.75) is 31.7 Å². The molecule has 2 saturated carbocycles. The Labute approximate surface area is 96.2 Å². The summed E-state index contributed by atoms with van der Waals surface area (Å²) in [6.07, 6.45) is 7.37. The zero-order chi connectivity index (χ0) is 11.0. The Kier molecular flexibility index (Phi) is 2.46. The molecule has 1 heterocycles. The summed E-state index contributed by atoms with van der Waals surface area (Å²) in [5.74, 6) is 3.66. The summed E-state index contributed by atoms with van der Waals surface area (Å²) < 4.78 is 5.10. The molecule has 3 atom stereocenters. The van der Waals surface area contributed by atoms with E-state index in [4.69, 9.17) is 4.74 Å². The van der Waals surface area contributed by atoms with E-state index < -0.39 is 0 Å². The van der Waals surface area contributed by atoms with Gasteiger partial charge in [0.2, 0.25) is 0 Å². The van der Waals surface area contributed by atoms with Crippen molar-refractivity contribution < 1.29 is 4.74 Å². The highest BCUT2D eigenvalue weighted by atomic mass is 16.5. The number of anilines is 1. The van der Waals surface area contributed by atoms with Gasteiger partial charge in [-0.05, 0) is 43.2 Å². The van der Waals surface area contributed by atoms with Gasteiger partial charge in [-0.3, -0.25) is 0 Å². The molecular formula is C13H18N2O. The molecule has 0 aromatic carbocycles. The quantitative estimate of drug-likeness (QED) is 0.847. The first kappa shape index (κ1) is 9.94. The molecule has 3 rings (SSSR count). The normalized spacial score (nSPS) is 31.7. The third-order valence-electron chi connectivity index (χ3n) is 4.04. The van der Waals surface area contributed by atoms with Crippen molar-refractivity contribution in [1.29, 1.82) is 0 Å². The van der Waals surface area contributed by atoms with Crippen molar-refractivity contribution in [3.05, 3.63) is 18.3 Å². The topological polar surface area (TPSA) is 34.1 Å². The largest absolute Gasteiger partial charge is 0.495 e. The second kappa shape index (κ2) is 3.96. The minimum absolute atomic E-state index is 0.652. The molecule has 1 N–H and O–H groups in total. The van der Waals surface area contributed by atoms with E-state index in [-0.39, 0.29) is 0 Å². The van der Waals surface area contributed by atoms with Gasteiger partial charge in [0.15, 0.2) is 0 Å². The van der Waals surface area contributed by atoms with Gasteiger partial charge < -0.3 is 10.1 Å². The Morgan fingerprint density at radius 3 is 2.81 bits per heavy atom. The van der Waals surface area contributed by atoms with E-state index in [1.54, 1.807) is 13.3 Å². The Balaban J connectivity index is 1.65. The minimum Gasteiger partial charge on any atom is -0.495 e. The molecule has 0 aliphatic heterocycles. The van der Waals surface area contributed by atoms with E-state index in [2.05, 4.69) is 10.3 Å². The summed E-state index contributed by atoms with van der Waals surface area (Å²) in [4.78, 5) is 4.36.